The van der Waals surface area contributed by atoms with Crippen molar-refractivity contribution in [1.29, 1.82) is 0 Å². The third-order valence-corrected chi connectivity index (χ3v) is 7.03. The van der Waals surface area contributed by atoms with Crippen LogP contribution in [-0.2, 0) is 0 Å². The summed E-state index contributed by atoms with van der Waals surface area (Å²) in [5.41, 5.74) is 0. The monoisotopic (exact) mass is 261 g/mol. The lowest BCUT2D eigenvalue weighted by atomic mass is 9.84. The van der Waals surface area contributed by atoms with Crippen molar-refractivity contribution in [3.05, 3.63) is 0 Å². The second kappa shape index (κ2) is 3.42. The van der Waals surface area contributed by atoms with Crippen LogP contribution >= 0.6 is 27.7 Å². The maximum atomic E-state index is 3.77. The van der Waals surface area contributed by atoms with Crippen LogP contribution in [0.2, 0.25) is 0 Å². The van der Waals surface area contributed by atoms with Gasteiger partial charge in [-0.3, -0.25) is 0 Å². The molecule has 1 aliphatic carbocycles. The second-order valence-corrected chi connectivity index (χ2v) is 6.95. The lowest BCUT2D eigenvalue weighted by Crippen LogP contribution is -2.43. The number of piperidine rings is 1. The summed E-state index contributed by atoms with van der Waals surface area (Å²) in [6.45, 7) is 1.22. The molecule has 0 radical (unpaired) electrons. The van der Waals surface area contributed by atoms with Crippen LogP contribution in [0.25, 0.3) is 0 Å². The largest absolute Gasteiger partial charge is 0.304 e. The van der Waals surface area contributed by atoms with Gasteiger partial charge in [-0.05, 0) is 37.6 Å². The Kier molecular flexibility index (Phi) is 2.38. The number of hydrogen-bond acceptors (Lipinski definition) is 2. The molecule has 3 rings (SSSR count). The van der Waals surface area contributed by atoms with Crippen LogP contribution in [0.3, 0.4) is 0 Å². The van der Waals surface area contributed by atoms with Gasteiger partial charge in [0, 0.05) is 10.5 Å². The zero-order chi connectivity index (χ0) is 8.84. The molecule has 0 spiro atoms. The average Bonchev–Trinajstić information content (AvgIpc) is 2.65. The maximum Gasteiger partial charge on any atom is 0.0753 e. The molecule has 1 N–H and O–H groups in total. The number of fused-ring (bicyclic) bond motifs is 3. The van der Waals surface area contributed by atoms with Gasteiger partial charge in [-0.25, -0.2) is 0 Å². The van der Waals surface area contributed by atoms with Gasteiger partial charge in [0.25, 0.3) is 0 Å². The van der Waals surface area contributed by atoms with E-state index in [-0.39, 0.29) is 0 Å². The fourth-order valence-corrected chi connectivity index (χ4v) is 6.34. The third kappa shape index (κ3) is 1.38. The van der Waals surface area contributed by atoms with Crippen LogP contribution in [0.1, 0.15) is 25.7 Å². The van der Waals surface area contributed by atoms with Crippen molar-refractivity contribution < 1.29 is 0 Å². The smallest absolute Gasteiger partial charge is 0.0753 e. The first-order valence-electron chi connectivity index (χ1n) is 5.39. The van der Waals surface area contributed by atoms with Gasteiger partial charge < -0.3 is 5.32 Å². The summed E-state index contributed by atoms with van der Waals surface area (Å²) in [5, 5.41) is 5.41. The molecule has 2 heterocycles. The Hall–Kier alpha value is 0.790. The minimum absolute atomic E-state index is 0.585. The highest BCUT2D eigenvalue weighted by Crippen LogP contribution is 2.54. The number of nitrogens with one attached hydrogen (secondary N) is 1. The van der Waals surface area contributed by atoms with Crippen LogP contribution in [-0.4, -0.2) is 22.0 Å². The molecule has 0 aromatic heterocycles. The predicted octanol–water partition coefficient (Wildman–Crippen LogP) is 2.60. The standard InChI is InChI=1S/C10H16BrNS/c11-10-9-7(4-5-12-10)6-2-1-3-8(6)13-9/h6-10,12H,1-5H2. The van der Waals surface area contributed by atoms with Crippen LogP contribution in [0.15, 0.2) is 0 Å². The highest BCUT2D eigenvalue weighted by molar-refractivity contribution is 9.09. The van der Waals surface area contributed by atoms with Crippen LogP contribution in [0.4, 0.5) is 0 Å². The molecule has 3 fully saturated rings. The van der Waals surface area contributed by atoms with E-state index in [1.807, 2.05) is 0 Å². The molecule has 3 aliphatic rings. The van der Waals surface area contributed by atoms with Crippen molar-refractivity contribution in [3.63, 3.8) is 0 Å². The van der Waals surface area contributed by atoms with Gasteiger partial charge in [0.2, 0.25) is 0 Å². The predicted molar refractivity (Wildman–Crippen MR) is 61.3 cm³/mol. The number of rotatable bonds is 0. The van der Waals surface area contributed by atoms with Gasteiger partial charge in [0.05, 0.1) is 4.95 Å². The van der Waals surface area contributed by atoms with Crippen molar-refractivity contribution in [3.8, 4) is 0 Å². The maximum absolute atomic E-state index is 3.77. The van der Waals surface area contributed by atoms with Crippen molar-refractivity contribution >= 4 is 27.7 Å². The minimum Gasteiger partial charge on any atom is -0.304 e. The van der Waals surface area contributed by atoms with Crippen molar-refractivity contribution in [1.82, 2.24) is 5.32 Å². The van der Waals surface area contributed by atoms with Crippen LogP contribution in [0, 0.1) is 11.8 Å². The second-order valence-electron chi connectivity index (χ2n) is 4.54. The molecule has 13 heavy (non-hydrogen) atoms. The molecule has 0 amide bonds. The quantitative estimate of drug-likeness (QED) is 0.532. The number of alkyl halides is 1. The molecule has 0 aromatic carbocycles. The van der Waals surface area contributed by atoms with E-state index in [0.29, 0.717) is 4.95 Å². The molecular weight excluding hydrogens is 246 g/mol. The third-order valence-electron chi connectivity index (χ3n) is 3.91. The summed E-state index contributed by atoms with van der Waals surface area (Å²) in [6, 6.07) is 0. The van der Waals surface area contributed by atoms with Gasteiger partial charge in [-0.2, -0.15) is 11.8 Å². The molecule has 1 nitrogen and oxygen atoms in total. The Balaban J connectivity index is 1.81. The van der Waals surface area contributed by atoms with Crippen molar-refractivity contribution in [2.45, 2.75) is 41.1 Å². The molecule has 2 aliphatic heterocycles. The highest BCUT2D eigenvalue weighted by atomic mass is 79.9. The first-order chi connectivity index (χ1) is 6.36. The van der Waals surface area contributed by atoms with E-state index < -0.39 is 0 Å². The van der Waals surface area contributed by atoms with Gasteiger partial charge in [-0.15, -0.1) is 0 Å². The van der Waals surface area contributed by atoms with E-state index in [0.717, 1.165) is 22.3 Å². The Bertz CT molecular complexity index is 211. The van der Waals surface area contributed by atoms with Crippen LogP contribution < -0.4 is 5.32 Å². The fraction of sp³-hybridized carbons (Fsp3) is 1.00. The molecule has 74 valence electrons. The summed E-state index contributed by atoms with van der Waals surface area (Å²) in [6.07, 6.45) is 5.91. The normalized spacial score (nSPS) is 54.7. The van der Waals surface area contributed by atoms with Crippen molar-refractivity contribution in [2.75, 3.05) is 6.54 Å². The fourth-order valence-electron chi connectivity index (χ4n) is 3.33. The first-order valence-corrected chi connectivity index (χ1v) is 7.25. The van der Waals surface area contributed by atoms with Gasteiger partial charge >= 0.3 is 0 Å². The summed E-state index contributed by atoms with van der Waals surface area (Å²) >= 11 is 6.04. The molecule has 2 saturated heterocycles. The van der Waals surface area contributed by atoms with Gasteiger partial charge in [-0.1, -0.05) is 22.4 Å². The lowest BCUT2D eigenvalue weighted by Gasteiger charge is -2.32. The van der Waals surface area contributed by atoms with E-state index in [9.17, 15) is 0 Å². The number of hydrogen-bond donors (Lipinski definition) is 1. The zero-order valence-corrected chi connectivity index (χ0v) is 10.1. The molecule has 5 unspecified atom stereocenters. The average molecular weight is 262 g/mol. The molecule has 5 atom stereocenters. The van der Waals surface area contributed by atoms with E-state index >= 15 is 0 Å². The Morgan fingerprint density at radius 2 is 2.08 bits per heavy atom. The van der Waals surface area contributed by atoms with Gasteiger partial charge in [0.1, 0.15) is 0 Å². The summed E-state index contributed by atoms with van der Waals surface area (Å²) in [5.74, 6) is 2.08. The van der Waals surface area contributed by atoms with E-state index in [1.54, 1.807) is 0 Å². The minimum atomic E-state index is 0.585. The molecule has 0 aromatic rings. The molecular formula is C10H16BrNS. The van der Waals surface area contributed by atoms with Crippen molar-refractivity contribution in [2.24, 2.45) is 11.8 Å². The van der Waals surface area contributed by atoms with E-state index in [4.69, 9.17) is 0 Å². The Morgan fingerprint density at radius 3 is 3.00 bits per heavy atom. The zero-order valence-electron chi connectivity index (χ0n) is 7.71. The topological polar surface area (TPSA) is 12.0 Å². The van der Waals surface area contributed by atoms with E-state index in [1.165, 1.54) is 32.2 Å². The SMILES string of the molecule is BrC1NCCC2C3CCCC3SC12. The lowest BCUT2D eigenvalue weighted by molar-refractivity contribution is 0.289. The summed E-state index contributed by atoms with van der Waals surface area (Å²) in [4.78, 5) is 0.585. The summed E-state index contributed by atoms with van der Waals surface area (Å²) in [7, 11) is 0. The molecule has 3 heteroatoms. The summed E-state index contributed by atoms with van der Waals surface area (Å²) < 4.78 is 0. The Labute approximate surface area is 92.5 Å². The van der Waals surface area contributed by atoms with Crippen LogP contribution in [0.5, 0.6) is 0 Å². The highest BCUT2D eigenvalue weighted by Gasteiger charge is 2.49. The molecule has 0 bridgehead atoms. The molecule has 1 saturated carbocycles. The first kappa shape index (κ1) is 9.05. The Morgan fingerprint density at radius 1 is 1.15 bits per heavy atom. The number of thioether (sulfide) groups is 1. The number of halogens is 1. The van der Waals surface area contributed by atoms with Gasteiger partial charge in [0.15, 0.2) is 0 Å². The van der Waals surface area contributed by atoms with E-state index in [2.05, 4.69) is 33.0 Å².